The minimum absolute atomic E-state index is 0. The Labute approximate surface area is 264 Å². The normalized spacial score (nSPS) is 11.7. The zero-order valence-electron chi connectivity index (χ0n) is 23.7. The molecule has 0 fully saturated rings. The Balaban J connectivity index is 0.000000221. The number of fused-ring (bicyclic) bond motifs is 2. The zero-order chi connectivity index (χ0) is 32.2. The number of hydrogen-bond donors (Lipinski definition) is 7. The van der Waals surface area contributed by atoms with Crippen LogP contribution in [0, 0.1) is 5.82 Å². The molecule has 1 aliphatic rings. The van der Waals surface area contributed by atoms with E-state index in [1.165, 1.54) is 12.3 Å². The number of aromatic nitrogens is 3. The molecule has 1 aliphatic heterocycles. The number of benzene rings is 2. The van der Waals surface area contributed by atoms with Crippen LogP contribution in [0.2, 0.25) is 0 Å². The molecule has 5 aromatic rings. The first kappa shape index (κ1) is 33.0. The minimum Gasteiger partial charge on any atom is -0.482 e. The van der Waals surface area contributed by atoms with E-state index >= 15 is 0 Å². The summed E-state index contributed by atoms with van der Waals surface area (Å²) < 4.78 is 18.8. The lowest BCUT2D eigenvalue weighted by Crippen LogP contribution is -2.37. The Bertz CT molecular complexity index is 2040. The lowest BCUT2D eigenvalue weighted by Gasteiger charge is -2.18. The molecule has 0 saturated carbocycles. The lowest BCUT2D eigenvalue weighted by atomic mass is 10.1. The van der Waals surface area contributed by atoms with Crippen molar-refractivity contribution in [3.63, 3.8) is 0 Å². The summed E-state index contributed by atoms with van der Waals surface area (Å²) in [6, 6.07) is 9.69. The van der Waals surface area contributed by atoms with Crippen LogP contribution < -0.4 is 43.0 Å². The second kappa shape index (κ2) is 13.8. The third kappa shape index (κ3) is 6.77. The molecule has 0 radical (unpaired) electrons. The number of ether oxygens (including phenoxy) is 1. The Morgan fingerprint density at radius 1 is 1.04 bits per heavy atom. The van der Waals surface area contributed by atoms with Crippen molar-refractivity contribution >= 4 is 58.3 Å². The van der Waals surface area contributed by atoms with Crippen molar-refractivity contribution in [2.24, 2.45) is 5.73 Å². The molecule has 0 unspecified atom stereocenters. The number of nitrogens with one attached hydrogen (secondary N) is 4. The van der Waals surface area contributed by atoms with Crippen LogP contribution in [-0.2, 0) is 24.4 Å². The standard InChI is InChI=1S/C17H13N5O5.C12H12FN3O2.ClH/c23-12-6-27-11-2-1-8(3-10(11)22-12)4-19-16(24)15-14-13(20-7-21-15)9(5-18-14)17(25)26;13-8-2-1-6(4-14)3-7(8)5-16-10-9(15)11(17)12(10)18;/h1-3,5,7,18H,4,6H2,(H,19,24)(H,22,23)(H,25,26);1-3,16H,4-5,14-15H2;1H. The van der Waals surface area contributed by atoms with Crippen molar-refractivity contribution in [2.45, 2.75) is 19.6 Å². The van der Waals surface area contributed by atoms with E-state index in [9.17, 15) is 28.4 Å². The van der Waals surface area contributed by atoms with Crippen molar-refractivity contribution in [1.82, 2.24) is 20.3 Å². The Hall–Kier alpha value is -5.87. The van der Waals surface area contributed by atoms with Gasteiger partial charge in [-0.15, -0.1) is 12.4 Å². The van der Waals surface area contributed by atoms with Crippen molar-refractivity contribution < 1.29 is 28.6 Å². The van der Waals surface area contributed by atoms with Crippen LogP contribution in [0.3, 0.4) is 0 Å². The molecule has 3 heterocycles. The summed E-state index contributed by atoms with van der Waals surface area (Å²) in [4.78, 5) is 67.7. The summed E-state index contributed by atoms with van der Waals surface area (Å²) in [7, 11) is 0. The second-order valence-electron chi connectivity index (χ2n) is 9.73. The molecule has 17 heteroatoms. The van der Waals surface area contributed by atoms with Gasteiger partial charge < -0.3 is 42.2 Å². The number of nitrogen functional groups attached to an aromatic ring is 1. The molecule has 238 valence electrons. The molecule has 9 N–H and O–H groups in total. The van der Waals surface area contributed by atoms with E-state index in [0.29, 0.717) is 23.5 Å². The van der Waals surface area contributed by atoms with Gasteiger partial charge in [0.25, 0.3) is 22.7 Å². The van der Waals surface area contributed by atoms with Crippen molar-refractivity contribution in [1.29, 1.82) is 0 Å². The number of carboxylic acids is 1. The monoisotopic (exact) mass is 652 g/mol. The van der Waals surface area contributed by atoms with E-state index in [-0.39, 0.29) is 71.7 Å². The quantitative estimate of drug-likeness (QED) is 0.118. The fourth-order valence-corrected chi connectivity index (χ4v) is 4.44. The lowest BCUT2D eigenvalue weighted by molar-refractivity contribution is -0.118. The highest BCUT2D eigenvalue weighted by atomic mass is 35.5. The predicted octanol–water partition coefficient (Wildman–Crippen LogP) is 1.41. The van der Waals surface area contributed by atoms with Crippen LogP contribution in [0.15, 0.2) is 58.5 Å². The number of nitrogens with two attached hydrogens (primary N) is 2. The number of carbonyl (C=O) groups is 3. The number of aromatic carboxylic acids is 1. The molecule has 46 heavy (non-hydrogen) atoms. The van der Waals surface area contributed by atoms with Crippen LogP contribution >= 0.6 is 12.4 Å². The molecule has 0 bridgehead atoms. The molecule has 0 spiro atoms. The van der Waals surface area contributed by atoms with Crippen molar-refractivity contribution in [3.05, 3.63) is 103 Å². The Kier molecular flexibility index (Phi) is 9.93. The van der Waals surface area contributed by atoms with Gasteiger partial charge in [0.2, 0.25) is 0 Å². The van der Waals surface area contributed by atoms with Crippen LogP contribution in [0.1, 0.15) is 37.5 Å². The van der Waals surface area contributed by atoms with E-state index < -0.39 is 28.6 Å². The molecule has 2 aromatic heterocycles. The first-order valence-electron chi connectivity index (χ1n) is 13.3. The molecule has 0 saturated heterocycles. The maximum atomic E-state index is 13.5. The highest BCUT2D eigenvalue weighted by molar-refractivity contribution is 6.08. The van der Waals surface area contributed by atoms with Gasteiger partial charge in [-0.1, -0.05) is 12.1 Å². The van der Waals surface area contributed by atoms with Gasteiger partial charge in [-0.2, -0.15) is 0 Å². The average Bonchev–Trinajstić information content (AvgIpc) is 3.49. The van der Waals surface area contributed by atoms with E-state index in [2.05, 4.69) is 30.9 Å². The number of carbonyl (C=O) groups excluding carboxylic acids is 2. The van der Waals surface area contributed by atoms with Crippen LogP contribution in [-0.4, -0.2) is 44.4 Å². The average molecular weight is 653 g/mol. The fraction of sp³-hybridized carbons (Fsp3) is 0.138. The summed E-state index contributed by atoms with van der Waals surface area (Å²) in [5.41, 5.74) is 12.2. The Morgan fingerprint density at radius 3 is 2.52 bits per heavy atom. The molecule has 3 aromatic carbocycles. The van der Waals surface area contributed by atoms with Crippen LogP contribution in [0.5, 0.6) is 5.75 Å². The van der Waals surface area contributed by atoms with Gasteiger partial charge in [0.15, 0.2) is 12.3 Å². The van der Waals surface area contributed by atoms with Gasteiger partial charge >= 0.3 is 5.97 Å². The molecular formula is C29H26ClFN8O7. The molecule has 0 aliphatic carbocycles. The topological polar surface area (TPSA) is 245 Å². The number of hydrogen-bond acceptors (Lipinski definition) is 11. The number of amides is 2. The summed E-state index contributed by atoms with van der Waals surface area (Å²) >= 11 is 0. The first-order chi connectivity index (χ1) is 21.6. The third-order valence-electron chi connectivity index (χ3n) is 6.79. The molecule has 6 rings (SSSR count). The molecular weight excluding hydrogens is 627 g/mol. The fourth-order valence-electron chi connectivity index (χ4n) is 4.44. The molecule has 0 atom stereocenters. The van der Waals surface area contributed by atoms with E-state index in [1.54, 1.807) is 30.3 Å². The highest BCUT2D eigenvalue weighted by Crippen LogP contribution is 2.28. The van der Waals surface area contributed by atoms with Crippen molar-refractivity contribution in [2.75, 3.05) is 23.0 Å². The SMILES string of the molecule is Cl.NCc1ccc(F)c(CNc2c(N)c(=O)c2=O)c1.O=C1COc2ccc(CNC(=O)c3ncnc4c(C(=O)O)c[nH]c34)cc2N1. The first-order valence-corrected chi connectivity index (χ1v) is 13.3. The number of carboxylic acid groups (broad SMARTS) is 1. The zero-order valence-corrected chi connectivity index (χ0v) is 24.5. The maximum absolute atomic E-state index is 13.5. The smallest absolute Gasteiger partial charge is 0.339 e. The number of halogens is 2. The van der Waals surface area contributed by atoms with Gasteiger partial charge in [0, 0.05) is 31.4 Å². The minimum atomic E-state index is -1.15. The number of aromatic amines is 1. The highest BCUT2D eigenvalue weighted by Gasteiger charge is 2.20. The van der Waals surface area contributed by atoms with Crippen LogP contribution in [0.4, 0.5) is 21.5 Å². The van der Waals surface area contributed by atoms with Gasteiger partial charge in [0.05, 0.1) is 11.2 Å². The Morgan fingerprint density at radius 2 is 1.80 bits per heavy atom. The maximum Gasteiger partial charge on any atom is 0.339 e. The summed E-state index contributed by atoms with van der Waals surface area (Å²) in [6.07, 6.45) is 2.41. The largest absolute Gasteiger partial charge is 0.482 e. The number of rotatable bonds is 8. The molecule has 15 nitrogen and oxygen atoms in total. The summed E-state index contributed by atoms with van der Waals surface area (Å²) in [5, 5.41) is 17.2. The third-order valence-corrected chi connectivity index (χ3v) is 6.79. The van der Waals surface area contributed by atoms with Crippen LogP contribution in [0.25, 0.3) is 11.0 Å². The van der Waals surface area contributed by atoms with E-state index in [0.717, 1.165) is 17.5 Å². The number of nitrogens with zero attached hydrogens (tertiary/aromatic N) is 2. The van der Waals surface area contributed by atoms with Crippen molar-refractivity contribution in [3.8, 4) is 5.75 Å². The predicted molar refractivity (Wildman–Crippen MR) is 167 cm³/mol. The van der Waals surface area contributed by atoms with Gasteiger partial charge in [-0.25, -0.2) is 19.2 Å². The van der Waals surface area contributed by atoms with Gasteiger partial charge in [-0.05, 0) is 35.4 Å². The van der Waals surface area contributed by atoms with Gasteiger partial charge in [-0.3, -0.25) is 19.2 Å². The number of anilines is 3. The van der Waals surface area contributed by atoms with E-state index in [4.69, 9.17) is 21.3 Å². The molecule has 2 amide bonds. The summed E-state index contributed by atoms with van der Waals surface area (Å²) in [6.45, 7) is 0.533. The van der Waals surface area contributed by atoms with Gasteiger partial charge in [0.1, 0.15) is 40.3 Å². The second-order valence-corrected chi connectivity index (χ2v) is 9.73. The van der Waals surface area contributed by atoms with E-state index in [1.807, 2.05) is 0 Å². The summed E-state index contributed by atoms with van der Waals surface area (Å²) in [5.74, 6) is -1.72. The number of H-pyrrole nitrogens is 1.